The van der Waals surface area contributed by atoms with E-state index in [2.05, 4.69) is 27.2 Å². The first-order valence-electron chi connectivity index (χ1n) is 9.12. The van der Waals surface area contributed by atoms with Crippen LogP contribution in [-0.4, -0.2) is 40.9 Å². The Labute approximate surface area is 157 Å². The van der Waals surface area contributed by atoms with Crippen LogP contribution >= 0.6 is 0 Å². The number of likely N-dealkylation sites (tertiary alicyclic amines) is 1. The summed E-state index contributed by atoms with van der Waals surface area (Å²) in [7, 11) is 2.15. The Hall–Kier alpha value is -3.17. The number of pyridine rings is 1. The number of carbonyl (C=O) groups excluding carboxylic acids is 1. The molecule has 0 radical (unpaired) electrons. The van der Waals surface area contributed by atoms with E-state index in [-0.39, 0.29) is 5.91 Å². The molecule has 136 valence electrons. The van der Waals surface area contributed by atoms with Crippen LogP contribution in [0.4, 0.5) is 5.82 Å². The Balaban J connectivity index is 1.53. The van der Waals surface area contributed by atoms with Crippen molar-refractivity contribution in [3.63, 3.8) is 0 Å². The topological polar surface area (TPSA) is 84.8 Å². The molecule has 2 N–H and O–H groups in total. The maximum atomic E-state index is 12.8. The van der Waals surface area contributed by atoms with Crippen LogP contribution in [-0.2, 0) is 0 Å². The van der Waals surface area contributed by atoms with E-state index in [9.17, 15) is 4.79 Å². The number of nitrogens with zero attached hydrogens (tertiary/aromatic N) is 3. The molecule has 6 nitrogen and oxygen atoms in total. The molecular formula is C21H21N5O. The number of amides is 1. The number of H-pyrrole nitrogens is 1. The first-order chi connectivity index (χ1) is 13.1. The molecule has 0 spiro atoms. The minimum absolute atomic E-state index is 0.191. The van der Waals surface area contributed by atoms with Gasteiger partial charge in [0.15, 0.2) is 0 Å². The number of carbonyl (C=O) groups is 1. The number of piperidine rings is 1. The van der Waals surface area contributed by atoms with E-state index in [1.165, 1.54) is 5.56 Å². The average molecular weight is 359 g/mol. The van der Waals surface area contributed by atoms with Crippen molar-refractivity contribution in [2.45, 2.75) is 18.8 Å². The van der Waals surface area contributed by atoms with Gasteiger partial charge in [-0.25, -0.2) is 4.98 Å². The van der Waals surface area contributed by atoms with Crippen molar-refractivity contribution in [3.05, 3.63) is 59.4 Å². The summed E-state index contributed by atoms with van der Waals surface area (Å²) in [5.74, 6) is 1.05. The zero-order valence-corrected chi connectivity index (χ0v) is 15.2. The van der Waals surface area contributed by atoms with Crippen LogP contribution < -0.4 is 5.32 Å². The number of anilines is 1. The number of rotatable bonds is 3. The van der Waals surface area contributed by atoms with Crippen molar-refractivity contribution >= 4 is 22.6 Å². The number of aromatic nitrogens is 2. The molecule has 1 fully saturated rings. The van der Waals surface area contributed by atoms with Gasteiger partial charge in [0.2, 0.25) is 0 Å². The van der Waals surface area contributed by atoms with Gasteiger partial charge in [0.1, 0.15) is 17.6 Å². The Morgan fingerprint density at radius 3 is 2.89 bits per heavy atom. The molecule has 1 saturated heterocycles. The molecule has 1 aliphatic heterocycles. The van der Waals surface area contributed by atoms with E-state index < -0.39 is 0 Å². The zero-order valence-electron chi connectivity index (χ0n) is 15.2. The Bertz CT molecular complexity index is 1020. The smallest absolute Gasteiger partial charge is 0.257 e. The first-order valence-corrected chi connectivity index (χ1v) is 9.12. The number of fused-ring (bicyclic) bond motifs is 1. The highest BCUT2D eigenvalue weighted by molar-refractivity contribution is 6.12. The summed E-state index contributed by atoms with van der Waals surface area (Å²) in [5.41, 5.74) is 2.77. The highest BCUT2D eigenvalue weighted by atomic mass is 16.1. The standard InChI is InChI=1S/C21H21N5O/c1-26-9-7-14(8-10-26)15-11-20(23-13-15)25-21(27)18-3-2-4-19-17(18)6-5-16(12-22)24-19/h2-6,11,13-14,23H,7-10H2,1H3,(H,25,27). The third-order valence-electron chi connectivity index (χ3n) is 5.23. The zero-order chi connectivity index (χ0) is 18.8. The molecule has 0 aliphatic carbocycles. The molecule has 1 amide bonds. The molecule has 4 rings (SSSR count). The fraction of sp³-hybridized carbons (Fsp3) is 0.286. The Morgan fingerprint density at radius 1 is 1.30 bits per heavy atom. The van der Waals surface area contributed by atoms with E-state index in [1.54, 1.807) is 30.3 Å². The highest BCUT2D eigenvalue weighted by Crippen LogP contribution is 2.29. The van der Waals surface area contributed by atoms with Crippen molar-refractivity contribution in [3.8, 4) is 6.07 Å². The lowest BCUT2D eigenvalue weighted by Gasteiger charge is -2.28. The van der Waals surface area contributed by atoms with E-state index >= 15 is 0 Å². The lowest BCUT2D eigenvalue weighted by molar-refractivity contribution is 0.102. The van der Waals surface area contributed by atoms with E-state index in [0.29, 0.717) is 28.5 Å². The number of nitriles is 1. The Kier molecular flexibility index (Phi) is 4.61. The molecule has 0 saturated carbocycles. The summed E-state index contributed by atoms with van der Waals surface area (Å²) >= 11 is 0. The number of hydrogen-bond acceptors (Lipinski definition) is 4. The van der Waals surface area contributed by atoms with Crippen LogP contribution in [0.3, 0.4) is 0 Å². The molecule has 6 heteroatoms. The molecular weight excluding hydrogens is 338 g/mol. The summed E-state index contributed by atoms with van der Waals surface area (Å²) in [4.78, 5) is 22.6. The number of benzene rings is 1. The Morgan fingerprint density at radius 2 is 2.11 bits per heavy atom. The lowest BCUT2D eigenvalue weighted by Crippen LogP contribution is -2.29. The average Bonchev–Trinajstić information content (AvgIpc) is 3.16. The predicted molar refractivity (Wildman–Crippen MR) is 105 cm³/mol. The normalized spacial score (nSPS) is 15.6. The van der Waals surface area contributed by atoms with Gasteiger partial charge in [0.05, 0.1) is 5.52 Å². The van der Waals surface area contributed by atoms with Gasteiger partial charge in [0, 0.05) is 17.1 Å². The minimum Gasteiger partial charge on any atom is -0.348 e. The maximum absolute atomic E-state index is 12.8. The third-order valence-corrected chi connectivity index (χ3v) is 5.23. The van der Waals surface area contributed by atoms with Gasteiger partial charge in [-0.1, -0.05) is 6.07 Å². The van der Waals surface area contributed by atoms with Crippen LogP contribution in [0.2, 0.25) is 0 Å². The fourth-order valence-corrected chi connectivity index (χ4v) is 3.67. The summed E-state index contributed by atoms with van der Waals surface area (Å²) in [6, 6.07) is 12.8. The van der Waals surface area contributed by atoms with Crippen molar-refractivity contribution in [2.24, 2.45) is 0 Å². The molecule has 0 bridgehead atoms. The second-order valence-corrected chi connectivity index (χ2v) is 7.06. The quantitative estimate of drug-likeness (QED) is 0.749. The molecule has 0 atom stereocenters. The van der Waals surface area contributed by atoms with Gasteiger partial charge in [0.25, 0.3) is 5.91 Å². The van der Waals surface area contributed by atoms with E-state index in [0.717, 1.165) is 31.3 Å². The second kappa shape index (κ2) is 7.22. The highest BCUT2D eigenvalue weighted by Gasteiger charge is 2.20. The lowest BCUT2D eigenvalue weighted by atomic mass is 9.91. The van der Waals surface area contributed by atoms with Gasteiger partial charge in [-0.2, -0.15) is 5.26 Å². The van der Waals surface area contributed by atoms with Crippen molar-refractivity contribution in [1.82, 2.24) is 14.9 Å². The molecule has 0 unspecified atom stereocenters. The van der Waals surface area contributed by atoms with Crippen LogP contribution in [0.25, 0.3) is 10.9 Å². The van der Waals surface area contributed by atoms with Crippen LogP contribution in [0.15, 0.2) is 42.6 Å². The van der Waals surface area contributed by atoms with Crippen molar-refractivity contribution in [1.29, 1.82) is 5.26 Å². The summed E-state index contributed by atoms with van der Waals surface area (Å²) in [5, 5.41) is 12.7. The van der Waals surface area contributed by atoms with Gasteiger partial charge < -0.3 is 15.2 Å². The van der Waals surface area contributed by atoms with Crippen LogP contribution in [0.1, 0.15) is 40.4 Å². The van der Waals surface area contributed by atoms with Crippen molar-refractivity contribution in [2.75, 3.05) is 25.5 Å². The largest absolute Gasteiger partial charge is 0.348 e. The molecule has 3 heterocycles. The number of nitrogens with one attached hydrogen (secondary N) is 2. The number of aromatic amines is 1. The third kappa shape index (κ3) is 3.55. The fourth-order valence-electron chi connectivity index (χ4n) is 3.67. The molecule has 2 aromatic heterocycles. The predicted octanol–water partition coefficient (Wildman–Crippen LogP) is 3.50. The van der Waals surface area contributed by atoms with Gasteiger partial charge in [-0.05, 0) is 74.8 Å². The first kappa shape index (κ1) is 17.3. The van der Waals surface area contributed by atoms with Gasteiger partial charge in [-0.3, -0.25) is 4.79 Å². The monoisotopic (exact) mass is 359 g/mol. The molecule has 1 aromatic carbocycles. The van der Waals surface area contributed by atoms with Gasteiger partial charge >= 0.3 is 0 Å². The molecule has 27 heavy (non-hydrogen) atoms. The maximum Gasteiger partial charge on any atom is 0.257 e. The van der Waals surface area contributed by atoms with E-state index in [4.69, 9.17) is 5.26 Å². The molecule has 1 aliphatic rings. The summed E-state index contributed by atoms with van der Waals surface area (Å²) in [6.45, 7) is 2.20. The summed E-state index contributed by atoms with van der Waals surface area (Å²) in [6.07, 6.45) is 4.27. The SMILES string of the molecule is CN1CCC(c2c[nH]c(NC(=O)c3cccc4nc(C#N)ccc34)c2)CC1. The second-order valence-electron chi connectivity index (χ2n) is 7.06. The van der Waals surface area contributed by atoms with Crippen LogP contribution in [0.5, 0.6) is 0 Å². The minimum atomic E-state index is -0.191. The van der Waals surface area contributed by atoms with Crippen molar-refractivity contribution < 1.29 is 4.79 Å². The van der Waals surface area contributed by atoms with E-state index in [1.807, 2.05) is 18.3 Å². The summed E-state index contributed by atoms with van der Waals surface area (Å²) < 4.78 is 0. The van der Waals surface area contributed by atoms with Crippen LogP contribution in [0, 0.1) is 11.3 Å². The molecule has 3 aromatic rings. The number of hydrogen-bond donors (Lipinski definition) is 2. The van der Waals surface area contributed by atoms with Gasteiger partial charge in [-0.15, -0.1) is 0 Å².